The van der Waals surface area contributed by atoms with Crippen LogP contribution in [-0.4, -0.2) is 16.4 Å². The number of carbonyl (C=O) groups is 1. The standard InChI is InChI=1S/C18H13ClN2OS2/c19-14-9-5-4-8-12(14)13-10-24-16-15(13)17(22)21(18(23)20-16)11-6-2-1-3-7-11/h1-10,15-16H,(H,20,23). The van der Waals surface area contributed by atoms with Gasteiger partial charge in [-0.25, -0.2) is 0 Å². The normalized spacial score (nSPS) is 22.9. The fraction of sp³-hybridized carbons (Fsp3) is 0.111. The van der Waals surface area contributed by atoms with Crippen LogP contribution in [-0.2, 0) is 4.79 Å². The lowest BCUT2D eigenvalue weighted by atomic mass is 9.91. The summed E-state index contributed by atoms with van der Waals surface area (Å²) in [5.74, 6) is -0.340. The molecule has 2 heterocycles. The molecule has 2 aliphatic rings. The number of fused-ring (bicyclic) bond motifs is 1. The maximum absolute atomic E-state index is 13.2. The smallest absolute Gasteiger partial charge is 0.243 e. The summed E-state index contributed by atoms with van der Waals surface area (Å²) in [6.07, 6.45) is 0. The number of nitrogens with one attached hydrogen (secondary N) is 1. The Kier molecular flexibility index (Phi) is 4.08. The van der Waals surface area contributed by atoms with Crippen molar-refractivity contribution in [2.45, 2.75) is 5.37 Å². The summed E-state index contributed by atoms with van der Waals surface area (Å²) in [6, 6.07) is 17.1. The monoisotopic (exact) mass is 372 g/mol. The first kappa shape index (κ1) is 15.7. The van der Waals surface area contributed by atoms with Crippen LogP contribution in [0.25, 0.3) is 5.57 Å². The third kappa shape index (κ3) is 2.53. The molecule has 2 atom stereocenters. The number of benzene rings is 2. The van der Waals surface area contributed by atoms with Crippen molar-refractivity contribution in [2.75, 3.05) is 4.90 Å². The van der Waals surface area contributed by atoms with Crippen molar-refractivity contribution in [1.29, 1.82) is 0 Å². The van der Waals surface area contributed by atoms with Crippen LogP contribution in [0, 0.1) is 5.92 Å². The van der Waals surface area contributed by atoms with Gasteiger partial charge in [-0.3, -0.25) is 9.69 Å². The molecule has 1 fully saturated rings. The molecule has 2 unspecified atom stereocenters. The Balaban J connectivity index is 1.73. The SMILES string of the molecule is O=C1C2C(c3ccccc3Cl)=CSC2NC(=S)N1c1ccccc1. The zero-order valence-electron chi connectivity index (χ0n) is 12.5. The van der Waals surface area contributed by atoms with E-state index in [9.17, 15) is 4.79 Å². The number of hydrogen-bond donors (Lipinski definition) is 1. The highest BCUT2D eigenvalue weighted by Crippen LogP contribution is 2.45. The van der Waals surface area contributed by atoms with Crippen molar-refractivity contribution < 1.29 is 4.79 Å². The average Bonchev–Trinajstić information content (AvgIpc) is 3.00. The van der Waals surface area contributed by atoms with Gasteiger partial charge in [0.1, 0.15) is 0 Å². The molecule has 24 heavy (non-hydrogen) atoms. The predicted octanol–water partition coefficient (Wildman–Crippen LogP) is 4.29. The molecule has 0 aliphatic carbocycles. The summed E-state index contributed by atoms with van der Waals surface area (Å²) < 4.78 is 0. The number of para-hydroxylation sites is 1. The molecule has 1 saturated heterocycles. The highest BCUT2D eigenvalue weighted by molar-refractivity contribution is 8.03. The summed E-state index contributed by atoms with van der Waals surface area (Å²) >= 11 is 13.3. The van der Waals surface area contributed by atoms with Crippen LogP contribution in [0.3, 0.4) is 0 Å². The van der Waals surface area contributed by atoms with Gasteiger partial charge in [0.25, 0.3) is 0 Å². The lowest BCUT2D eigenvalue weighted by Gasteiger charge is -2.36. The highest BCUT2D eigenvalue weighted by atomic mass is 35.5. The van der Waals surface area contributed by atoms with Crippen molar-refractivity contribution in [2.24, 2.45) is 5.92 Å². The molecule has 0 spiro atoms. The zero-order valence-corrected chi connectivity index (χ0v) is 14.9. The van der Waals surface area contributed by atoms with Crippen molar-refractivity contribution >= 4 is 57.9 Å². The van der Waals surface area contributed by atoms with E-state index in [2.05, 4.69) is 5.32 Å². The molecule has 2 aromatic carbocycles. The van der Waals surface area contributed by atoms with Gasteiger partial charge in [0.05, 0.1) is 17.0 Å². The molecule has 1 N–H and O–H groups in total. The van der Waals surface area contributed by atoms with Crippen molar-refractivity contribution in [3.63, 3.8) is 0 Å². The number of carbonyl (C=O) groups excluding carboxylic acids is 1. The van der Waals surface area contributed by atoms with Gasteiger partial charge in [-0.15, -0.1) is 11.8 Å². The Bertz CT molecular complexity index is 853. The Hall–Kier alpha value is -1.82. The summed E-state index contributed by atoms with van der Waals surface area (Å²) in [4.78, 5) is 14.8. The summed E-state index contributed by atoms with van der Waals surface area (Å²) in [5, 5.41) is 6.30. The van der Waals surface area contributed by atoms with E-state index in [0.29, 0.717) is 10.1 Å². The Labute approximate surface area is 154 Å². The molecule has 2 aromatic rings. The molecule has 6 heteroatoms. The van der Waals surface area contributed by atoms with E-state index in [-0.39, 0.29) is 17.2 Å². The first-order chi connectivity index (χ1) is 11.7. The van der Waals surface area contributed by atoms with Crippen molar-refractivity contribution in [1.82, 2.24) is 5.32 Å². The van der Waals surface area contributed by atoms with Gasteiger partial charge < -0.3 is 5.32 Å². The molecule has 0 bridgehead atoms. The van der Waals surface area contributed by atoms with E-state index in [1.54, 1.807) is 16.7 Å². The summed E-state index contributed by atoms with van der Waals surface area (Å²) in [5.41, 5.74) is 2.61. The number of thioether (sulfide) groups is 1. The zero-order chi connectivity index (χ0) is 16.7. The Morgan fingerprint density at radius 2 is 1.79 bits per heavy atom. The highest BCUT2D eigenvalue weighted by Gasteiger charge is 2.45. The van der Waals surface area contributed by atoms with Gasteiger partial charge in [0, 0.05) is 5.02 Å². The van der Waals surface area contributed by atoms with Crippen LogP contribution in [0.4, 0.5) is 5.69 Å². The molecule has 4 rings (SSSR count). The number of nitrogens with zero attached hydrogens (tertiary/aromatic N) is 1. The topological polar surface area (TPSA) is 32.3 Å². The molecular formula is C18H13ClN2OS2. The maximum atomic E-state index is 13.2. The van der Waals surface area contributed by atoms with E-state index in [1.807, 2.05) is 60.0 Å². The van der Waals surface area contributed by atoms with Gasteiger partial charge in [-0.05, 0) is 47.0 Å². The van der Waals surface area contributed by atoms with Gasteiger partial charge in [-0.2, -0.15) is 0 Å². The molecule has 2 aliphatic heterocycles. The van der Waals surface area contributed by atoms with Crippen molar-refractivity contribution in [3.8, 4) is 0 Å². The third-order valence-electron chi connectivity index (χ3n) is 4.13. The largest absolute Gasteiger partial charge is 0.349 e. The van der Waals surface area contributed by atoms with E-state index in [4.69, 9.17) is 23.8 Å². The van der Waals surface area contributed by atoms with Crippen LogP contribution in [0.2, 0.25) is 5.02 Å². The first-order valence-electron chi connectivity index (χ1n) is 7.47. The average molecular weight is 373 g/mol. The van der Waals surface area contributed by atoms with Crippen molar-refractivity contribution in [3.05, 3.63) is 70.6 Å². The molecule has 0 radical (unpaired) electrons. The lowest BCUT2D eigenvalue weighted by molar-refractivity contribution is -0.120. The Morgan fingerprint density at radius 1 is 1.08 bits per heavy atom. The minimum absolute atomic E-state index is 0.0221. The molecule has 120 valence electrons. The second-order valence-electron chi connectivity index (χ2n) is 5.55. The first-order valence-corrected chi connectivity index (χ1v) is 9.19. The van der Waals surface area contributed by atoms with E-state index >= 15 is 0 Å². The van der Waals surface area contributed by atoms with Crippen LogP contribution in [0.15, 0.2) is 60.0 Å². The molecule has 0 saturated carbocycles. The fourth-order valence-electron chi connectivity index (χ4n) is 3.01. The quantitative estimate of drug-likeness (QED) is 0.797. The molecule has 3 nitrogen and oxygen atoms in total. The number of rotatable bonds is 2. The maximum Gasteiger partial charge on any atom is 0.243 e. The number of amides is 1. The number of anilines is 1. The van der Waals surface area contributed by atoms with Crippen LogP contribution < -0.4 is 10.2 Å². The lowest BCUT2D eigenvalue weighted by Crippen LogP contribution is -2.58. The number of halogens is 1. The van der Waals surface area contributed by atoms with E-state index in [0.717, 1.165) is 16.8 Å². The van der Waals surface area contributed by atoms with Gasteiger partial charge in [0.15, 0.2) is 5.11 Å². The van der Waals surface area contributed by atoms with Gasteiger partial charge in [-0.1, -0.05) is 48.0 Å². The Morgan fingerprint density at radius 3 is 2.54 bits per heavy atom. The predicted molar refractivity (Wildman–Crippen MR) is 104 cm³/mol. The van der Waals surface area contributed by atoms with Crippen LogP contribution in [0.1, 0.15) is 5.56 Å². The number of hydrogen-bond acceptors (Lipinski definition) is 3. The second-order valence-corrected chi connectivity index (χ2v) is 7.36. The summed E-state index contributed by atoms with van der Waals surface area (Å²) in [7, 11) is 0. The number of thiocarbonyl (C=S) groups is 1. The molecule has 0 aromatic heterocycles. The van der Waals surface area contributed by atoms with Crippen LogP contribution in [0.5, 0.6) is 0 Å². The molecule has 1 amide bonds. The third-order valence-corrected chi connectivity index (χ3v) is 5.84. The summed E-state index contributed by atoms with van der Waals surface area (Å²) in [6.45, 7) is 0. The minimum atomic E-state index is -0.318. The van der Waals surface area contributed by atoms with Gasteiger partial charge >= 0.3 is 0 Å². The minimum Gasteiger partial charge on any atom is -0.349 e. The van der Waals surface area contributed by atoms with Crippen LogP contribution >= 0.6 is 35.6 Å². The molecular weight excluding hydrogens is 360 g/mol. The van der Waals surface area contributed by atoms with Gasteiger partial charge in [0.2, 0.25) is 5.91 Å². The fourth-order valence-corrected chi connectivity index (χ4v) is 4.82. The van der Waals surface area contributed by atoms with E-state index in [1.165, 1.54) is 0 Å². The van der Waals surface area contributed by atoms with E-state index < -0.39 is 0 Å². The second kappa shape index (κ2) is 6.24.